The highest BCUT2D eigenvalue weighted by Crippen LogP contribution is 2.39. The number of hydrogen-bond donors (Lipinski definition) is 0. The van der Waals surface area contributed by atoms with E-state index < -0.39 is 0 Å². The lowest BCUT2D eigenvalue weighted by Crippen LogP contribution is -2.33. The summed E-state index contributed by atoms with van der Waals surface area (Å²) >= 11 is 0. The second kappa shape index (κ2) is 11.5. The molecule has 0 saturated carbocycles. The van der Waals surface area contributed by atoms with Crippen LogP contribution in [0.25, 0.3) is 22.0 Å². The van der Waals surface area contributed by atoms with Crippen molar-refractivity contribution in [3.05, 3.63) is 114 Å². The summed E-state index contributed by atoms with van der Waals surface area (Å²) < 4.78 is 14.3. The van der Waals surface area contributed by atoms with Crippen molar-refractivity contribution in [2.45, 2.75) is 34.2 Å². The van der Waals surface area contributed by atoms with E-state index in [0.29, 0.717) is 25.4 Å². The standard InChI is InChI=1S/C34H34N2O3/c1-5-35(6-2)34(37)39-32-16-15-31-30(33(32)27-20-24(3)19-25(4)21-27)17-18-36(31)23-26-11-10-14-29(22-26)38-28-12-8-7-9-13-28/h7-22H,5-6,23H2,1-4H3. The summed E-state index contributed by atoms with van der Waals surface area (Å²) in [6.45, 7) is 9.97. The van der Waals surface area contributed by atoms with Gasteiger partial charge in [-0.3, -0.25) is 0 Å². The van der Waals surface area contributed by atoms with Gasteiger partial charge in [-0.1, -0.05) is 59.7 Å². The molecule has 0 aliphatic carbocycles. The smallest absolute Gasteiger partial charge is 0.415 e. The number of rotatable bonds is 8. The number of para-hydroxylation sites is 1. The molecule has 0 atom stereocenters. The maximum Gasteiger partial charge on any atom is 0.415 e. The molecule has 0 aliphatic rings. The van der Waals surface area contributed by atoms with E-state index in [1.807, 2.05) is 68.4 Å². The van der Waals surface area contributed by atoms with Crippen molar-refractivity contribution < 1.29 is 14.3 Å². The molecular weight excluding hydrogens is 484 g/mol. The van der Waals surface area contributed by atoms with Gasteiger partial charge in [-0.2, -0.15) is 0 Å². The lowest BCUT2D eigenvalue weighted by atomic mass is 9.97. The molecule has 0 spiro atoms. The Morgan fingerprint density at radius 2 is 1.51 bits per heavy atom. The van der Waals surface area contributed by atoms with Crippen LogP contribution in [0.4, 0.5) is 4.79 Å². The predicted molar refractivity (Wildman–Crippen MR) is 158 cm³/mol. The van der Waals surface area contributed by atoms with Crippen LogP contribution in [0.1, 0.15) is 30.5 Å². The molecule has 0 unspecified atom stereocenters. The number of hydrogen-bond acceptors (Lipinski definition) is 3. The van der Waals surface area contributed by atoms with Gasteiger partial charge in [0.1, 0.15) is 17.2 Å². The van der Waals surface area contributed by atoms with Crippen molar-refractivity contribution in [2.24, 2.45) is 0 Å². The number of amides is 1. The van der Waals surface area contributed by atoms with Crippen LogP contribution in [0, 0.1) is 13.8 Å². The fourth-order valence-electron chi connectivity index (χ4n) is 5.06. The molecule has 1 aromatic heterocycles. The minimum atomic E-state index is -0.334. The number of nitrogens with zero attached hydrogens (tertiary/aromatic N) is 2. The van der Waals surface area contributed by atoms with Crippen molar-refractivity contribution in [1.29, 1.82) is 0 Å². The van der Waals surface area contributed by atoms with Gasteiger partial charge in [0.2, 0.25) is 0 Å². The Balaban J connectivity index is 1.53. The van der Waals surface area contributed by atoms with E-state index >= 15 is 0 Å². The third kappa shape index (κ3) is 5.83. The molecule has 5 aromatic rings. The summed E-state index contributed by atoms with van der Waals surface area (Å²) in [5.74, 6) is 2.18. The highest BCUT2D eigenvalue weighted by molar-refractivity contribution is 6.00. The summed E-state index contributed by atoms with van der Waals surface area (Å²) in [5.41, 5.74) is 6.50. The normalized spacial score (nSPS) is 11.0. The fourth-order valence-corrected chi connectivity index (χ4v) is 5.06. The Morgan fingerprint density at radius 1 is 0.795 bits per heavy atom. The predicted octanol–water partition coefficient (Wildman–Crippen LogP) is 8.61. The molecule has 39 heavy (non-hydrogen) atoms. The first-order valence-electron chi connectivity index (χ1n) is 13.4. The SMILES string of the molecule is CCN(CC)C(=O)Oc1ccc2c(ccn2Cc2cccc(Oc3ccccc3)c2)c1-c1cc(C)cc(C)c1. The van der Waals surface area contributed by atoms with E-state index in [4.69, 9.17) is 9.47 Å². The average Bonchev–Trinajstić information content (AvgIpc) is 3.32. The number of benzene rings is 4. The molecule has 1 heterocycles. The van der Waals surface area contributed by atoms with Gasteiger partial charge in [0.05, 0.1) is 0 Å². The molecule has 5 rings (SSSR count). The van der Waals surface area contributed by atoms with Crippen LogP contribution >= 0.6 is 0 Å². The Labute approximate surface area is 230 Å². The van der Waals surface area contributed by atoms with E-state index in [2.05, 4.69) is 61.0 Å². The zero-order valence-electron chi connectivity index (χ0n) is 23.0. The molecule has 5 nitrogen and oxygen atoms in total. The van der Waals surface area contributed by atoms with Gasteiger partial charge < -0.3 is 18.9 Å². The van der Waals surface area contributed by atoms with Gasteiger partial charge >= 0.3 is 6.09 Å². The van der Waals surface area contributed by atoms with E-state index in [0.717, 1.165) is 50.2 Å². The molecule has 0 saturated heterocycles. The number of fused-ring (bicyclic) bond motifs is 1. The molecular formula is C34H34N2O3. The first-order chi connectivity index (χ1) is 18.9. The zero-order valence-corrected chi connectivity index (χ0v) is 23.0. The molecule has 0 radical (unpaired) electrons. The number of carbonyl (C=O) groups is 1. The van der Waals surface area contributed by atoms with Crippen LogP contribution in [0.15, 0.2) is 97.2 Å². The molecule has 0 bridgehead atoms. The first-order valence-corrected chi connectivity index (χ1v) is 13.4. The number of carbonyl (C=O) groups excluding carboxylic acids is 1. The Kier molecular flexibility index (Phi) is 7.69. The number of ether oxygens (including phenoxy) is 2. The molecule has 0 aliphatic heterocycles. The third-order valence-electron chi connectivity index (χ3n) is 6.87. The van der Waals surface area contributed by atoms with Gasteiger partial charge in [-0.05, 0) is 81.3 Å². The lowest BCUT2D eigenvalue weighted by molar-refractivity contribution is 0.157. The quantitative estimate of drug-likeness (QED) is 0.207. The first kappa shape index (κ1) is 26.1. The highest BCUT2D eigenvalue weighted by atomic mass is 16.6. The van der Waals surface area contributed by atoms with Gasteiger partial charge in [0.15, 0.2) is 0 Å². The summed E-state index contributed by atoms with van der Waals surface area (Å²) in [4.78, 5) is 14.6. The van der Waals surface area contributed by atoms with Gasteiger partial charge in [-0.25, -0.2) is 4.79 Å². The minimum Gasteiger partial charge on any atom is -0.457 e. The zero-order chi connectivity index (χ0) is 27.4. The van der Waals surface area contributed by atoms with Crippen LogP contribution < -0.4 is 9.47 Å². The Hall–Kier alpha value is -4.51. The minimum absolute atomic E-state index is 0.334. The number of aryl methyl sites for hydroxylation is 2. The van der Waals surface area contributed by atoms with Crippen molar-refractivity contribution in [3.8, 4) is 28.4 Å². The average molecular weight is 519 g/mol. The van der Waals surface area contributed by atoms with Crippen molar-refractivity contribution in [1.82, 2.24) is 9.47 Å². The summed E-state index contributed by atoms with van der Waals surface area (Å²) in [5, 5.41) is 1.04. The topological polar surface area (TPSA) is 43.7 Å². The van der Waals surface area contributed by atoms with E-state index in [1.54, 1.807) is 4.90 Å². The monoisotopic (exact) mass is 518 g/mol. The Morgan fingerprint density at radius 3 is 2.23 bits per heavy atom. The van der Waals surface area contributed by atoms with Crippen LogP contribution in [0.2, 0.25) is 0 Å². The van der Waals surface area contributed by atoms with Crippen molar-refractivity contribution in [2.75, 3.05) is 13.1 Å². The largest absolute Gasteiger partial charge is 0.457 e. The summed E-state index contributed by atoms with van der Waals surface area (Å²) in [7, 11) is 0. The molecule has 1 amide bonds. The van der Waals surface area contributed by atoms with Crippen LogP contribution in [0.3, 0.4) is 0 Å². The summed E-state index contributed by atoms with van der Waals surface area (Å²) in [6.07, 6.45) is 1.76. The van der Waals surface area contributed by atoms with E-state index in [1.165, 1.54) is 0 Å². The molecule has 5 heteroatoms. The van der Waals surface area contributed by atoms with Crippen LogP contribution in [-0.2, 0) is 6.54 Å². The number of aromatic nitrogens is 1. The Bertz CT molecular complexity index is 1580. The lowest BCUT2D eigenvalue weighted by Gasteiger charge is -2.20. The fraction of sp³-hybridized carbons (Fsp3) is 0.206. The second-order valence-corrected chi connectivity index (χ2v) is 9.79. The van der Waals surface area contributed by atoms with E-state index in [9.17, 15) is 4.79 Å². The highest BCUT2D eigenvalue weighted by Gasteiger charge is 2.19. The van der Waals surface area contributed by atoms with Crippen molar-refractivity contribution >= 4 is 17.0 Å². The second-order valence-electron chi connectivity index (χ2n) is 9.79. The van der Waals surface area contributed by atoms with Crippen molar-refractivity contribution in [3.63, 3.8) is 0 Å². The van der Waals surface area contributed by atoms with Crippen LogP contribution in [0.5, 0.6) is 17.2 Å². The molecule has 4 aromatic carbocycles. The van der Waals surface area contributed by atoms with Gasteiger partial charge in [0.25, 0.3) is 0 Å². The van der Waals surface area contributed by atoms with Crippen LogP contribution in [-0.4, -0.2) is 28.6 Å². The molecule has 198 valence electrons. The van der Waals surface area contributed by atoms with Gasteiger partial charge in [0, 0.05) is 42.3 Å². The molecule has 0 N–H and O–H groups in total. The maximum absolute atomic E-state index is 12.9. The maximum atomic E-state index is 12.9. The van der Waals surface area contributed by atoms with E-state index in [-0.39, 0.29) is 6.09 Å². The molecule has 0 fully saturated rings. The summed E-state index contributed by atoms with van der Waals surface area (Å²) in [6, 6.07) is 30.5. The van der Waals surface area contributed by atoms with Gasteiger partial charge in [-0.15, -0.1) is 0 Å². The third-order valence-corrected chi connectivity index (χ3v) is 6.87.